The van der Waals surface area contributed by atoms with E-state index in [0.717, 1.165) is 18.6 Å². The molecule has 0 saturated heterocycles. The molecule has 0 radical (unpaired) electrons. The lowest BCUT2D eigenvalue weighted by Crippen LogP contribution is -2.15. The molecule has 1 aromatic carbocycles. The third-order valence-electron chi connectivity index (χ3n) is 2.16. The maximum absolute atomic E-state index is 12.8. The molecule has 0 atom stereocenters. The number of halogens is 1. The van der Waals surface area contributed by atoms with Gasteiger partial charge >= 0.3 is 0 Å². The highest BCUT2D eigenvalue weighted by atomic mass is 32.2. The maximum atomic E-state index is 12.8. The fourth-order valence-corrected chi connectivity index (χ4v) is 2.14. The number of hydrogen-bond acceptors (Lipinski definition) is 3. The van der Waals surface area contributed by atoms with Crippen molar-refractivity contribution < 1.29 is 9.18 Å². The van der Waals surface area contributed by atoms with E-state index in [1.807, 2.05) is 0 Å². The summed E-state index contributed by atoms with van der Waals surface area (Å²) >= 11 is 1.59. The first-order valence-corrected chi connectivity index (χ1v) is 6.71. The lowest BCUT2D eigenvalue weighted by atomic mass is 10.2. The third kappa shape index (κ3) is 5.08. The van der Waals surface area contributed by atoms with Gasteiger partial charge in [-0.15, -0.1) is 0 Å². The number of nitrogens with two attached hydrogens (primary N) is 1. The molecule has 0 spiro atoms. The van der Waals surface area contributed by atoms with E-state index < -0.39 is 5.82 Å². The van der Waals surface area contributed by atoms with Gasteiger partial charge in [-0.2, -0.15) is 11.8 Å². The molecule has 3 nitrogen and oxygen atoms in total. The van der Waals surface area contributed by atoms with Crippen molar-refractivity contribution in [3.63, 3.8) is 0 Å². The fourth-order valence-electron chi connectivity index (χ4n) is 1.24. The number of benzene rings is 1. The lowest BCUT2D eigenvalue weighted by molar-refractivity contribution is -0.113. The molecule has 3 N–H and O–H groups in total. The molecule has 0 aliphatic heterocycles. The van der Waals surface area contributed by atoms with Crippen LogP contribution >= 0.6 is 11.8 Å². The van der Waals surface area contributed by atoms with Crippen LogP contribution in [-0.4, -0.2) is 17.4 Å². The molecular formula is C12H17FN2OS. The number of carbonyl (C=O) groups excluding carboxylic acids is 1. The van der Waals surface area contributed by atoms with Gasteiger partial charge in [0.15, 0.2) is 0 Å². The molecule has 0 bridgehead atoms. The van der Waals surface area contributed by atoms with Gasteiger partial charge in [-0.05, 0) is 30.4 Å². The van der Waals surface area contributed by atoms with Gasteiger partial charge in [0.25, 0.3) is 0 Å². The van der Waals surface area contributed by atoms with E-state index in [1.165, 1.54) is 18.2 Å². The van der Waals surface area contributed by atoms with Crippen LogP contribution in [0.5, 0.6) is 0 Å². The number of hydrogen-bond donors (Lipinski definition) is 2. The average molecular weight is 256 g/mol. The van der Waals surface area contributed by atoms with Crippen molar-refractivity contribution in [2.75, 3.05) is 22.6 Å². The van der Waals surface area contributed by atoms with E-state index in [1.54, 1.807) is 11.8 Å². The topological polar surface area (TPSA) is 55.1 Å². The summed E-state index contributed by atoms with van der Waals surface area (Å²) < 4.78 is 12.8. The summed E-state index contributed by atoms with van der Waals surface area (Å²) in [6.07, 6.45) is 2.23. The minimum absolute atomic E-state index is 0.107. The number of nitrogens with one attached hydrogen (secondary N) is 1. The number of unbranched alkanes of at least 4 members (excludes halogenated alkanes) is 1. The summed E-state index contributed by atoms with van der Waals surface area (Å²) in [6.45, 7) is 2.11. The molecule has 0 aliphatic rings. The second-order valence-corrected chi connectivity index (χ2v) is 4.79. The van der Waals surface area contributed by atoms with Crippen LogP contribution in [0.25, 0.3) is 0 Å². The maximum Gasteiger partial charge on any atom is 0.234 e. The molecule has 1 amide bonds. The second-order valence-electron chi connectivity index (χ2n) is 3.69. The summed E-state index contributed by atoms with van der Waals surface area (Å²) in [5, 5.41) is 2.66. The summed E-state index contributed by atoms with van der Waals surface area (Å²) in [5.74, 6) is 0.863. The Balaban J connectivity index is 2.40. The monoisotopic (exact) mass is 256 g/mol. The van der Waals surface area contributed by atoms with Crippen molar-refractivity contribution >= 4 is 29.0 Å². The molecule has 1 rings (SSSR count). The van der Waals surface area contributed by atoms with Crippen LogP contribution in [0.3, 0.4) is 0 Å². The van der Waals surface area contributed by atoms with Crippen LogP contribution in [0.4, 0.5) is 15.8 Å². The molecule has 0 saturated carbocycles. The number of nitrogen functional groups attached to an aromatic ring is 1. The van der Waals surface area contributed by atoms with Crippen LogP contribution in [0.15, 0.2) is 18.2 Å². The Hall–Kier alpha value is -1.23. The zero-order chi connectivity index (χ0) is 12.7. The van der Waals surface area contributed by atoms with Crippen molar-refractivity contribution in [2.24, 2.45) is 0 Å². The Morgan fingerprint density at radius 2 is 2.29 bits per heavy atom. The van der Waals surface area contributed by atoms with Crippen LogP contribution in [-0.2, 0) is 4.79 Å². The van der Waals surface area contributed by atoms with Crippen molar-refractivity contribution in [3.05, 3.63) is 24.0 Å². The number of anilines is 2. The number of rotatable bonds is 6. The minimum atomic E-state index is -0.405. The van der Waals surface area contributed by atoms with E-state index in [2.05, 4.69) is 12.2 Å². The van der Waals surface area contributed by atoms with Crippen molar-refractivity contribution in [1.82, 2.24) is 0 Å². The Kier molecular flexibility index (Phi) is 5.83. The van der Waals surface area contributed by atoms with Gasteiger partial charge in [-0.25, -0.2) is 4.39 Å². The molecule has 5 heteroatoms. The van der Waals surface area contributed by atoms with Crippen LogP contribution < -0.4 is 11.1 Å². The zero-order valence-corrected chi connectivity index (χ0v) is 10.6. The SMILES string of the molecule is CCCCSCC(=O)Nc1ccc(F)cc1N. The van der Waals surface area contributed by atoms with Gasteiger partial charge in [0.05, 0.1) is 17.1 Å². The van der Waals surface area contributed by atoms with Gasteiger partial charge in [-0.3, -0.25) is 4.79 Å². The first-order valence-electron chi connectivity index (χ1n) is 5.56. The first kappa shape index (κ1) is 13.8. The quantitative estimate of drug-likeness (QED) is 0.608. The molecule has 0 heterocycles. The normalized spacial score (nSPS) is 10.2. The van der Waals surface area contributed by atoms with E-state index in [-0.39, 0.29) is 11.6 Å². The molecule has 0 unspecified atom stereocenters. The summed E-state index contributed by atoms with van der Waals surface area (Å²) in [5.41, 5.74) is 6.30. The Bertz CT molecular complexity index is 385. The fraction of sp³-hybridized carbons (Fsp3) is 0.417. The number of carbonyl (C=O) groups is 1. The van der Waals surface area contributed by atoms with Gasteiger partial charge in [0.1, 0.15) is 5.82 Å². The number of amides is 1. The van der Waals surface area contributed by atoms with Crippen molar-refractivity contribution in [3.8, 4) is 0 Å². The highest BCUT2D eigenvalue weighted by Crippen LogP contribution is 2.19. The van der Waals surface area contributed by atoms with Crippen LogP contribution in [0.2, 0.25) is 0 Å². The molecule has 1 aromatic rings. The van der Waals surface area contributed by atoms with E-state index >= 15 is 0 Å². The predicted molar refractivity (Wildman–Crippen MR) is 71.7 cm³/mol. The number of thioether (sulfide) groups is 1. The summed E-state index contributed by atoms with van der Waals surface area (Å²) in [6, 6.07) is 3.94. The van der Waals surface area contributed by atoms with Crippen molar-refractivity contribution in [2.45, 2.75) is 19.8 Å². The Morgan fingerprint density at radius 3 is 2.94 bits per heavy atom. The molecule has 17 heavy (non-hydrogen) atoms. The van der Waals surface area contributed by atoms with Gasteiger partial charge < -0.3 is 11.1 Å². The van der Waals surface area contributed by atoms with E-state index in [9.17, 15) is 9.18 Å². The minimum Gasteiger partial charge on any atom is -0.397 e. The van der Waals surface area contributed by atoms with E-state index in [0.29, 0.717) is 11.4 Å². The summed E-state index contributed by atoms with van der Waals surface area (Å²) in [7, 11) is 0. The lowest BCUT2D eigenvalue weighted by Gasteiger charge is -2.07. The first-order chi connectivity index (χ1) is 8.13. The zero-order valence-electron chi connectivity index (χ0n) is 9.83. The highest BCUT2D eigenvalue weighted by Gasteiger charge is 2.05. The summed E-state index contributed by atoms with van der Waals surface area (Å²) in [4.78, 5) is 11.5. The Labute approximate surface area is 105 Å². The molecular weight excluding hydrogens is 239 g/mol. The van der Waals surface area contributed by atoms with Crippen LogP contribution in [0.1, 0.15) is 19.8 Å². The Morgan fingerprint density at radius 1 is 1.53 bits per heavy atom. The highest BCUT2D eigenvalue weighted by molar-refractivity contribution is 7.99. The molecule has 0 aliphatic carbocycles. The van der Waals surface area contributed by atoms with Crippen LogP contribution in [0, 0.1) is 5.82 Å². The second kappa shape index (κ2) is 7.17. The third-order valence-corrected chi connectivity index (χ3v) is 3.21. The smallest absolute Gasteiger partial charge is 0.234 e. The molecule has 94 valence electrons. The standard InChI is InChI=1S/C12H17FN2OS/c1-2-3-6-17-8-12(16)15-11-5-4-9(13)7-10(11)14/h4-5,7H,2-3,6,8,14H2,1H3,(H,15,16). The van der Waals surface area contributed by atoms with Gasteiger partial charge in [0, 0.05) is 0 Å². The largest absolute Gasteiger partial charge is 0.397 e. The molecule has 0 fully saturated rings. The molecule has 0 aromatic heterocycles. The van der Waals surface area contributed by atoms with Gasteiger partial charge in [-0.1, -0.05) is 13.3 Å². The van der Waals surface area contributed by atoms with Gasteiger partial charge in [0.2, 0.25) is 5.91 Å². The average Bonchev–Trinajstić information content (AvgIpc) is 2.28. The predicted octanol–water partition coefficient (Wildman–Crippen LogP) is 2.88. The van der Waals surface area contributed by atoms with E-state index in [4.69, 9.17) is 5.73 Å². The van der Waals surface area contributed by atoms with Crippen molar-refractivity contribution in [1.29, 1.82) is 0 Å².